The lowest BCUT2D eigenvalue weighted by Gasteiger charge is -2.39. The molecule has 2 aromatic rings. The number of nitrogens with zero attached hydrogens (tertiary/aromatic N) is 3. The molecule has 3 fully saturated rings. The number of para-hydroxylation sites is 1. The molecule has 3 aliphatic rings. The number of carbonyl (C=O) groups is 3. The fourth-order valence-electron chi connectivity index (χ4n) is 7.77. The average Bonchev–Trinajstić information content (AvgIpc) is 3.56. The maximum atomic E-state index is 14.8. The summed E-state index contributed by atoms with van der Waals surface area (Å²) in [6.45, 7) is 15.9. The van der Waals surface area contributed by atoms with Crippen LogP contribution in [0.3, 0.4) is 0 Å². The summed E-state index contributed by atoms with van der Waals surface area (Å²) in [6.07, 6.45) is 4.36. The number of anilines is 1. The van der Waals surface area contributed by atoms with E-state index in [4.69, 9.17) is 4.74 Å². The van der Waals surface area contributed by atoms with Crippen LogP contribution in [0.5, 0.6) is 0 Å². The van der Waals surface area contributed by atoms with E-state index in [1.54, 1.807) is 28.9 Å². The van der Waals surface area contributed by atoms with E-state index >= 15 is 0 Å². The minimum absolute atomic E-state index is 0.187. The van der Waals surface area contributed by atoms with Crippen molar-refractivity contribution in [3.8, 4) is 0 Å². The highest BCUT2D eigenvalue weighted by atomic mass is 16.5. The fourth-order valence-corrected chi connectivity index (χ4v) is 7.77. The number of rotatable bonds is 11. The quantitative estimate of drug-likeness (QED) is 0.400. The van der Waals surface area contributed by atoms with Crippen LogP contribution in [0.2, 0.25) is 0 Å². The molecule has 43 heavy (non-hydrogen) atoms. The minimum atomic E-state index is -1.20. The maximum Gasteiger partial charge on any atom is 0.253 e. The molecule has 8 nitrogen and oxygen atoms in total. The van der Waals surface area contributed by atoms with E-state index < -0.39 is 35.1 Å². The first-order valence-electron chi connectivity index (χ1n) is 15.1. The van der Waals surface area contributed by atoms with Crippen LogP contribution in [0.1, 0.15) is 43.4 Å². The van der Waals surface area contributed by atoms with E-state index in [2.05, 4.69) is 13.2 Å². The molecule has 5 rings (SSSR count). The highest BCUT2D eigenvalue weighted by Gasteiger charge is 2.78. The number of aryl methyl sites for hydroxylation is 2. The number of carbonyl (C=O) groups excluding carboxylic acids is 3. The molecule has 2 bridgehead atoms. The van der Waals surface area contributed by atoms with Gasteiger partial charge in [0.05, 0.1) is 30.1 Å². The molecular weight excluding hydrogens is 542 g/mol. The van der Waals surface area contributed by atoms with Gasteiger partial charge in [-0.3, -0.25) is 14.4 Å². The summed E-state index contributed by atoms with van der Waals surface area (Å²) in [4.78, 5) is 48.7. The van der Waals surface area contributed by atoms with Crippen molar-refractivity contribution in [2.75, 3.05) is 24.6 Å². The molecule has 0 aliphatic carbocycles. The first kappa shape index (κ1) is 30.7. The van der Waals surface area contributed by atoms with Crippen LogP contribution < -0.4 is 4.90 Å². The van der Waals surface area contributed by atoms with Crippen LogP contribution in [-0.2, 0) is 25.7 Å². The summed E-state index contributed by atoms with van der Waals surface area (Å²) in [5.41, 5.74) is 1.47. The molecule has 228 valence electrons. The molecular formula is C35H43N3O5. The first-order valence-corrected chi connectivity index (χ1v) is 15.1. The molecule has 2 aromatic carbocycles. The Morgan fingerprint density at radius 1 is 1.05 bits per heavy atom. The molecule has 3 aliphatic heterocycles. The van der Waals surface area contributed by atoms with Crippen molar-refractivity contribution in [3.05, 3.63) is 90.5 Å². The van der Waals surface area contributed by atoms with Gasteiger partial charge in [-0.05, 0) is 57.2 Å². The average molecular weight is 586 g/mol. The Morgan fingerprint density at radius 3 is 2.30 bits per heavy atom. The Morgan fingerprint density at radius 2 is 1.70 bits per heavy atom. The second-order valence-electron chi connectivity index (χ2n) is 12.5. The molecule has 0 aromatic heterocycles. The normalized spacial score (nSPS) is 28.0. The van der Waals surface area contributed by atoms with Crippen molar-refractivity contribution in [2.24, 2.45) is 11.8 Å². The predicted octanol–water partition coefficient (Wildman–Crippen LogP) is 4.18. The van der Waals surface area contributed by atoms with Gasteiger partial charge in [0.1, 0.15) is 11.6 Å². The molecule has 3 saturated heterocycles. The Hall–Kier alpha value is -3.75. The lowest BCUT2D eigenvalue weighted by Crippen LogP contribution is -2.58. The van der Waals surface area contributed by atoms with E-state index in [-0.39, 0.29) is 30.9 Å². The van der Waals surface area contributed by atoms with E-state index in [0.29, 0.717) is 25.9 Å². The van der Waals surface area contributed by atoms with Gasteiger partial charge < -0.3 is 24.5 Å². The van der Waals surface area contributed by atoms with Crippen molar-refractivity contribution < 1.29 is 24.2 Å². The maximum absolute atomic E-state index is 14.8. The lowest BCUT2D eigenvalue weighted by molar-refractivity contribution is -0.152. The molecule has 1 spiro atoms. The molecule has 0 saturated carbocycles. The van der Waals surface area contributed by atoms with Crippen LogP contribution in [0.4, 0.5) is 5.69 Å². The monoisotopic (exact) mass is 585 g/mol. The summed E-state index contributed by atoms with van der Waals surface area (Å²) < 4.78 is 6.85. The molecule has 6 atom stereocenters. The van der Waals surface area contributed by atoms with Gasteiger partial charge in [-0.25, -0.2) is 0 Å². The van der Waals surface area contributed by atoms with Crippen LogP contribution in [-0.4, -0.2) is 75.6 Å². The molecule has 8 heteroatoms. The first-order chi connectivity index (χ1) is 20.5. The van der Waals surface area contributed by atoms with E-state index in [0.717, 1.165) is 22.4 Å². The highest BCUT2D eigenvalue weighted by molar-refractivity contribution is 6.06. The van der Waals surface area contributed by atoms with Gasteiger partial charge in [-0.1, -0.05) is 60.7 Å². The van der Waals surface area contributed by atoms with Gasteiger partial charge in [0, 0.05) is 25.3 Å². The van der Waals surface area contributed by atoms with E-state index in [1.807, 2.05) is 69.3 Å². The minimum Gasteiger partial charge on any atom is -0.394 e. The molecule has 3 amide bonds. The summed E-state index contributed by atoms with van der Waals surface area (Å²) in [7, 11) is 0. The van der Waals surface area contributed by atoms with Crippen molar-refractivity contribution in [2.45, 2.75) is 70.4 Å². The molecule has 1 N–H and O–H groups in total. The number of likely N-dealkylation sites (tertiary alicyclic amines) is 1. The topological polar surface area (TPSA) is 90.4 Å². The van der Waals surface area contributed by atoms with E-state index in [1.165, 1.54) is 4.90 Å². The summed E-state index contributed by atoms with van der Waals surface area (Å²) in [5.74, 6) is -2.43. The van der Waals surface area contributed by atoms with Crippen LogP contribution in [0.15, 0.2) is 73.8 Å². The zero-order valence-corrected chi connectivity index (χ0v) is 25.7. The van der Waals surface area contributed by atoms with Crippen LogP contribution >= 0.6 is 0 Å². The number of fused-ring (bicyclic) bond motifs is 1. The zero-order chi connectivity index (χ0) is 31.1. The third-order valence-electron chi connectivity index (χ3n) is 9.62. The molecule has 0 radical (unpaired) electrons. The van der Waals surface area contributed by atoms with Crippen LogP contribution in [0, 0.1) is 25.7 Å². The van der Waals surface area contributed by atoms with Gasteiger partial charge in [0.2, 0.25) is 11.8 Å². The summed E-state index contributed by atoms with van der Waals surface area (Å²) in [5, 5.41) is 10.3. The molecule has 3 heterocycles. The van der Waals surface area contributed by atoms with Crippen molar-refractivity contribution in [1.82, 2.24) is 9.80 Å². The van der Waals surface area contributed by atoms with Gasteiger partial charge >= 0.3 is 0 Å². The number of aliphatic hydroxyl groups excluding tert-OH is 1. The van der Waals surface area contributed by atoms with Crippen molar-refractivity contribution in [3.63, 3.8) is 0 Å². The number of benzene rings is 2. The number of ether oxygens (including phenoxy) is 1. The lowest BCUT2D eigenvalue weighted by atomic mass is 9.66. The highest BCUT2D eigenvalue weighted by Crippen LogP contribution is 2.64. The van der Waals surface area contributed by atoms with Gasteiger partial charge in [-0.15, -0.1) is 13.2 Å². The zero-order valence-electron chi connectivity index (χ0n) is 25.7. The van der Waals surface area contributed by atoms with Gasteiger partial charge in [-0.2, -0.15) is 0 Å². The van der Waals surface area contributed by atoms with Crippen LogP contribution in [0.25, 0.3) is 0 Å². The summed E-state index contributed by atoms with van der Waals surface area (Å²) >= 11 is 0. The standard InChI is InChI=1S/C35H43N3O5/c1-7-19-36(21-26-15-10-9-11-16-26)31(40)27-28-32(41)38(25(5)22-39)30(35(28)18-17-34(27,6)43-35)33(42)37(20-8-2)29-23(3)13-12-14-24(29)4/h7-16,25,27-28,30,39H,1-2,17-22H2,3-6H3/t25-,27+,28+,30?,34-,35?/m1/s1. The summed E-state index contributed by atoms with van der Waals surface area (Å²) in [6, 6.07) is 13.9. The Labute approximate surface area is 254 Å². The fraction of sp³-hybridized carbons (Fsp3) is 0.457. The number of aliphatic hydroxyl groups is 1. The largest absolute Gasteiger partial charge is 0.394 e. The smallest absolute Gasteiger partial charge is 0.253 e. The molecule has 2 unspecified atom stereocenters. The number of amides is 3. The second kappa shape index (κ2) is 11.7. The van der Waals surface area contributed by atoms with Gasteiger partial charge in [0.25, 0.3) is 5.91 Å². The third kappa shape index (κ3) is 4.90. The van der Waals surface area contributed by atoms with Gasteiger partial charge in [0.15, 0.2) is 0 Å². The Kier molecular flexibility index (Phi) is 8.38. The predicted molar refractivity (Wildman–Crippen MR) is 166 cm³/mol. The third-order valence-corrected chi connectivity index (χ3v) is 9.62. The Bertz CT molecular complexity index is 1410. The second-order valence-corrected chi connectivity index (χ2v) is 12.5. The number of hydrogen-bond donors (Lipinski definition) is 1. The SMILES string of the molecule is C=CCN(Cc1ccccc1)C(=O)[C@@H]1[C@H]2C(=O)N([C@H](C)CO)C(C(=O)N(CC=C)c3c(C)cccc3C)C23CC[C@@]1(C)O3. The number of hydrogen-bond acceptors (Lipinski definition) is 5. The Balaban J connectivity index is 1.59. The van der Waals surface area contributed by atoms with Crippen molar-refractivity contribution in [1.29, 1.82) is 0 Å². The van der Waals surface area contributed by atoms with Crippen molar-refractivity contribution >= 4 is 23.4 Å². The van der Waals surface area contributed by atoms with E-state index in [9.17, 15) is 19.5 Å².